The number of nitrogens with zero attached hydrogens (tertiary/aromatic N) is 3. The van der Waals surface area contributed by atoms with Gasteiger partial charge in [0.15, 0.2) is 5.76 Å². The van der Waals surface area contributed by atoms with Gasteiger partial charge in [0.05, 0.1) is 19.5 Å². The minimum Gasteiger partial charge on any atom is -0.494 e. The number of likely N-dealkylation sites (tertiary alicyclic amines) is 1. The molecule has 4 rings (SSSR count). The Hall–Kier alpha value is -2.38. The Morgan fingerprint density at radius 1 is 1.27 bits per heavy atom. The summed E-state index contributed by atoms with van der Waals surface area (Å²) in [6.07, 6.45) is 3.85. The number of rotatable bonds is 6. The first-order valence-corrected chi connectivity index (χ1v) is 9.24. The maximum absolute atomic E-state index is 5.58. The monoisotopic (exact) mass is 371 g/mol. The van der Waals surface area contributed by atoms with Crippen LogP contribution in [0.15, 0.2) is 51.5 Å². The van der Waals surface area contributed by atoms with Crippen molar-refractivity contribution in [1.82, 2.24) is 14.7 Å². The molecule has 0 unspecified atom stereocenters. The van der Waals surface area contributed by atoms with Crippen LogP contribution in [-0.4, -0.2) is 27.8 Å². The average molecular weight is 371 g/mol. The molecule has 0 amide bonds. The maximum atomic E-state index is 5.58. The van der Waals surface area contributed by atoms with Crippen LogP contribution in [0.4, 0.5) is 0 Å². The first-order chi connectivity index (χ1) is 12.7. The molecular formula is C19H21N3O3S. The molecule has 0 spiro atoms. The van der Waals surface area contributed by atoms with Crippen molar-refractivity contribution in [2.24, 2.45) is 0 Å². The summed E-state index contributed by atoms with van der Waals surface area (Å²) in [5.41, 5.74) is 1.28. The lowest BCUT2D eigenvalue weighted by Gasteiger charge is -2.24. The normalized spacial score (nSPS) is 17.7. The Balaban J connectivity index is 1.51. The predicted molar refractivity (Wildman–Crippen MR) is 99.3 cm³/mol. The molecule has 0 radical (unpaired) electrons. The molecular weight excluding hydrogens is 350 g/mol. The lowest BCUT2D eigenvalue weighted by atomic mass is 10.0. The zero-order valence-electron chi connectivity index (χ0n) is 14.6. The summed E-state index contributed by atoms with van der Waals surface area (Å²) in [7, 11) is 0. The second-order valence-corrected chi connectivity index (χ2v) is 6.61. The second kappa shape index (κ2) is 7.47. The van der Waals surface area contributed by atoms with E-state index in [1.54, 1.807) is 17.0 Å². The Kier molecular flexibility index (Phi) is 4.90. The molecule has 0 saturated carbocycles. The van der Waals surface area contributed by atoms with E-state index >= 15 is 0 Å². The molecule has 0 aliphatic carbocycles. The van der Waals surface area contributed by atoms with Crippen LogP contribution in [0.25, 0.3) is 11.7 Å². The number of benzene rings is 1. The lowest BCUT2D eigenvalue weighted by Crippen LogP contribution is -2.26. The molecule has 7 heteroatoms. The van der Waals surface area contributed by atoms with Crippen molar-refractivity contribution in [3.63, 3.8) is 0 Å². The van der Waals surface area contributed by atoms with Gasteiger partial charge < -0.3 is 13.6 Å². The molecule has 1 aliphatic heterocycles. The van der Waals surface area contributed by atoms with Gasteiger partial charge in [-0.1, -0.05) is 12.1 Å². The fraction of sp³-hybridized carbons (Fsp3) is 0.368. The van der Waals surface area contributed by atoms with Gasteiger partial charge in [0, 0.05) is 12.6 Å². The van der Waals surface area contributed by atoms with E-state index < -0.39 is 0 Å². The largest absolute Gasteiger partial charge is 0.494 e. The van der Waals surface area contributed by atoms with E-state index in [1.165, 1.54) is 5.56 Å². The zero-order valence-corrected chi connectivity index (χ0v) is 15.4. The molecule has 3 aromatic rings. The highest BCUT2D eigenvalue weighted by Gasteiger charge is 2.27. The van der Waals surface area contributed by atoms with Gasteiger partial charge in [-0.25, -0.2) is 4.68 Å². The lowest BCUT2D eigenvalue weighted by molar-refractivity contribution is 0.187. The number of hydrogen-bond acceptors (Lipinski definition) is 6. The second-order valence-electron chi connectivity index (χ2n) is 6.26. The maximum Gasteiger partial charge on any atom is 0.288 e. The van der Waals surface area contributed by atoms with Gasteiger partial charge in [-0.15, -0.1) is 5.10 Å². The van der Waals surface area contributed by atoms with Crippen molar-refractivity contribution < 1.29 is 13.6 Å². The third-order valence-corrected chi connectivity index (χ3v) is 4.89. The molecule has 0 bridgehead atoms. The Labute approximate surface area is 157 Å². The van der Waals surface area contributed by atoms with Gasteiger partial charge in [0.2, 0.25) is 0 Å². The molecule has 0 N–H and O–H groups in total. The van der Waals surface area contributed by atoms with Crippen LogP contribution in [0.3, 0.4) is 0 Å². The first kappa shape index (κ1) is 17.1. The standard InChI is InChI=1S/C19H21N3O3S/c1-2-23-15-9-7-14(8-10-15)16-5-3-11-21(16)13-22-19(26)25-18(20-22)17-6-4-12-24-17/h4,6-10,12,16H,2-3,5,11,13H2,1H3/t16-/m0/s1. The highest BCUT2D eigenvalue weighted by Crippen LogP contribution is 2.33. The Morgan fingerprint density at radius 2 is 2.12 bits per heavy atom. The highest BCUT2D eigenvalue weighted by atomic mass is 32.1. The summed E-state index contributed by atoms with van der Waals surface area (Å²) in [4.78, 5) is 2.73. The third-order valence-electron chi connectivity index (χ3n) is 4.59. The van der Waals surface area contributed by atoms with E-state index in [0.717, 1.165) is 25.1 Å². The van der Waals surface area contributed by atoms with Gasteiger partial charge in [-0.2, -0.15) is 0 Å². The number of hydrogen-bond donors (Lipinski definition) is 0. The SMILES string of the molecule is CCOc1ccc([C@@H]2CCCN2Cn2nc(-c3ccco3)oc2=S)cc1. The van der Waals surface area contributed by atoms with Crippen LogP contribution in [0.2, 0.25) is 0 Å². The van der Waals surface area contributed by atoms with Crippen molar-refractivity contribution in [3.8, 4) is 17.4 Å². The highest BCUT2D eigenvalue weighted by molar-refractivity contribution is 7.71. The number of ether oxygens (including phenoxy) is 1. The van der Waals surface area contributed by atoms with E-state index in [1.807, 2.05) is 25.1 Å². The summed E-state index contributed by atoms with van der Waals surface area (Å²) in [6, 6.07) is 12.3. The molecule has 1 fully saturated rings. The van der Waals surface area contributed by atoms with E-state index in [-0.39, 0.29) is 0 Å². The third kappa shape index (κ3) is 3.45. The molecule has 2 aromatic heterocycles. The summed E-state index contributed by atoms with van der Waals surface area (Å²) < 4.78 is 18.2. The van der Waals surface area contributed by atoms with E-state index in [9.17, 15) is 0 Å². The molecule has 3 heterocycles. The van der Waals surface area contributed by atoms with Crippen molar-refractivity contribution in [3.05, 3.63) is 53.1 Å². The van der Waals surface area contributed by atoms with Crippen molar-refractivity contribution >= 4 is 12.2 Å². The molecule has 26 heavy (non-hydrogen) atoms. The summed E-state index contributed by atoms with van der Waals surface area (Å²) in [5, 5.41) is 4.47. The van der Waals surface area contributed by atoms with Crippen LogP contribution < -0.4 is 4.74 Å². The van der Waals surface area contributed by atoms with Crippen molar-refractivity contribution in [1.29, 1.82) is 0 Å². The topological polar surface area (TPSA) is 56.6 Å². The fourth-order valence-corrected chi connectivity index (χ4v) is 3.57. The van der Waals surface area contributed by atoms with Crippen molar-refractivity contribution in [2.75, 3.05) is 13.2 Å². The van der Waals surface area contributed by atoms with Crippen LogP contribution in [0.5, 0.6) is 5.75 Å². The summed E-state index contributed by atoms with van der Waals surface area (Å²) in [6.45, 7) is 4.27. The predicted octanol–water partition coefficient (Wildman–Crippen LogP) is 4.66. The molecule has 6 nitrogen and oxygen atoms in total. The summed E-state index contributed by atoms with van der Waals surface area (Å²) in [5.74, 6) is 1.90. The molecule has 1 aliphatic rings. The smallest absolute Gasteiger partial charge is 0.288 e. The van der Waals surface area contributed by atoms with Crippen LogP contribution in [0, 0.1) is 4.84 Å². The van der Waals surface area contributed by atoms with Gasteiger partial charge in [0.1, 0.15) is 5.75 Å². The molecule has 136 valence electrons. The van der Waals surface area contributed by atoms with E-state index in [4.69, 9.17) is 25.8 Å². The van der Waals surface area contributed by atoms with Crippen LogP contribution in [-0.2, 0) is 6.67 Å². The van der Waals surface area contributed by atoms with Gasteiger partial charge in [-0.3, -0.25) is 4.90 Å². The minimum absolute atomic E-state index is 0.344. The van der Waals surface area contributed by atoms with Gasteiger partial charge in [-0.05, 0) is 61.8 Å². The van der Waals surface area contributed by atoms with Crippen LogP contribution >= 0.6 is 12.2 Å². The van der Waals surface area contributed by atoms with E-state index in [0.29, 0.717) is 35.8 Å². The fourth-order valence-electron chi connectivity index (χ4n) is 3.39. The average Bonchev–Trinajstić information content (AvgIpc) is 3.38. The minimum atomic E-state index is 0.344. The number of furan rings is 1. The van der Waals surface area contributed by atoms with Gasteiger partial charge >= 0.3 is 0 Å². The molecule has 1 atom stereocenters. The quantitative estimate of drug-likeness (QED) is 0.588. The molecule has 1 saturated heterocycles. The molecule has 1 aromatic carbocycles. The zero-order chi connectivity index (χ0) is 17.9. The Bertz CT molecular complexity index is 899. The summed E-state index contributed by atoms with van der Waals surface area (Å²) >= 11 is 5.33. The first-order valence-electron chi connectivity index (χ1n) is 8.83. The van der Waals surface area contributed by atoms with Gasteiger partial charge in [0.25, 0.3) is 10.7 Å². The number of aromatic nitrogens is 2. The van der Waals surface area contributed by atoms with Crippen LogP contribution in [0.1, 0.15) is 31.4 Å². The van der Waals surface area contributed by atoms with E-state index in [2.05, 4.69) is 22.1 Å². The Morgan fingerprint density at radius 3 is 2.85 bits per heavy atom. The van der Waals surface area contributed by atoms with Crippen molar-refractivity contribution in [2.45, 2.75) is 32.5 Å².